The van der Waals surface area contributed by atoms with Gasteiger partial charge in [0.1, 0.15) is 0 Å². The summed E-state index contributed by atoms with van der Waals surface area (Å²) in [4.78, 5) is 10.8. The Morgan fingerprint density at radius 2 is 2.18 bits per heavy atom. The summed E-state index contributed by atoms with van der Waals surface area (Å²) >= 11 is 0. The third kappa shape index (κ3) is 1.49. The largest absolute Gasteiger partial charge is 0.366 e. The number of rotatable bonds is 1. The molecule has 0 unspecified atom stereocenters. The van der Waals surface area contributed by atoms with Crippen molar-refractivity contribution >= 4 is 21.3 Å². The predicted octanol–water partition coefficient (Wildman–Crippen LogP) is -0.112. The lowest BCUT2D eigenvalue weighted by Gasteiger charge is -2.03. The smallest absolute Gasteiger partial charge is 0.248 e. The minimum Gasteiger partial charge on any atom is -0.366 e. The maximum absolute atomic E-state index is 10.8. The van der Waals surface area contributed by atoms with E-state index in [4.69, 9.17) is 5.73 Å². The lowest BCUT2D eigenvalue weighted by Crippen LogP contribution is -2.23. The number of nitrogens with two attached hydrogens (primary N) is 1. The van der Waals surface area contributed by atoms with Crippen LogP contribution in [0.2, 0.25) is 0 Å². The summed E-state index contributed by atoms with van der Waals surface area (Å²) in [6.45, 7) is 1.91. The van der Waals surface area contributed by atoms with Crippen LogP contribution in [0.1, 0.15) is 15.9 Å². The fraction of sp³-hybridized carbons (Fsp3) is 0.125. The van der Waals surface area contributed by atoms with E-state index in [0.717, 1.165) is 10.8 Å². The van der Waals surface area contributed by atoms with Gasteiger partial charge < -0.3 is 5.73 Å². The number of primary amides is 1. The molecule has 0 aliphatic heterocycles. The van der Waals surface area contributed by atoms with E-state index in [1.54, 1.807) is 12.1 Å². The van der Waals surface area contributed by atoms with Crippen LogP contribution in [-0.2, 0) is 0 Å². The van der Waals surface area contributed by atoms with Crippen molar-refractivity contribution in [2.45, 2.75) is 6.92 Å². The normalized spacial score (nSPS) is 9.64. The molecule has 2 N–H and O–H groups in total. The molecule has 1 amide bonds. The number of amides is 1. The number of carbonyl (C=O) groups excluding carboxylic acids is 1. The predicted molar refractivity (Wildman–Crippen MR) is 45.1 cm³/mol. The Balaban J connectivity index is 3.27. The molecule has 55 valence electrons. The van der Waals surface area contributed by atoms with Crippen molar-refractivity contribution in [3.63, 3.8) is 0 Å². The molecule has 3 heteroatoms. The second kappa shape index (κ2) is 2.88. The van der Waals surface area contributed by atoms with Crippen LogP contribution < -0.4 is 10.9 Å². The Hall–Kier alpha value is -1.09. The minimum absolute atomic E-state index is 0.404. The van der Waals surface area contributed by atoms with Gasteiger partial charge >= 0.3 is 0 Å². The standard InChI is InChI=1S/C8H8NOSi/c1-5-3-2-4-6(7(5)11)8(9)10/h2-4H,1H3,(H2,9,10). The average Bonchev–Trinajstić information content (AvgIpc) is 1.94. The second-order valence-electron chi connectivity index (χ2n) is 2.36. The number of benzene rings is 1. The Morgan fingerprint density at radius 1 is 1.55 bits per heavy atom. The number of hydrogen-bond donors (Lipinski definition) is 1. The zero-order chi connectivity index (χ0) is 8.43. The number of aryl methyl sites for hydroxylation is 1. The van der Waals surface area contributed by atoms with Crippen molar-refractivity contribution in [3.8, 4) is 0 Å². The average molecular weight is 162 g/mol. The van der Waals surface area contributed by atoms with Gasteiger partial charge in [0.05, 0.1) is 10.2 Å². The van der Waals surface area contributed by atoms with Gasteiger partial charge in [-0.15, -0.1) is 0 Å². The summed E-state index contributed by atoms with van der Waals surface area (Å²) in [6, 6.07) is 5.41. The first kappa shape index (κ1) is 8.01. The molecule has 1 aromatic carbocycles. The molecule has 0 bridgehead atoms. The molecule has 0 saturated heterocycles. The van der Waals surface area contributed by atoms with Crippen molar-refractivity contribution in [2.75, 3.05) is 0 Å². The lowest BCUT2D eigenvalue weighted by molar-refractivity contribution is 0.100. The van der Waals surface area contributed by atoms with Crippen molar-refractivity contribution in [1.29, 1.82) is 0 Å². The Kier molecular flexibility index (Phi) is 2.10. The zero-order valence-corrected chi connectivity index (χ0v) is 7.22. The third-order valence-electron chi connectivity index (χ3n) is 1.54. The second-order valence-corrected chi connectivity index (χ2v) is 2.86. The molecule has 0 fully saturated rings. The van der Waals surface area contributed by atoms with Crippen LogP contribution in [0, 0.1) is 6.92 Å². The van der Waals surface area contributed by atoms with E-state index in [1.165, 1.54) is 0 Å². The van der Waals surface area contributed by atoms with Crippen LogP contribution in [0.25, 0.3) is 0 Å². The Labute approximate surface area is 68.8 Å². The maximum atomic E-state index is 10.8. The van der Waals surface area contributed by atoms with Crippen LogP contribution in [0.4, 0.5) is 0 Å². The molecular weight excluding hydrogens is 154 g/mol. The molecule has 0 aliphatic rings. The van der Waals surface area contributed by atoms with Crippen molar-refractivity contribution in [3.05, 3.63) is 29.3 Å². The summed E-state index contributed by atoms with van der Waals surface area (Å²) < 4.78 is 0. The summed E-state index contributed by atoms with van der Waals surface area (Å²) in [5.41, 5.74) is 6.65. The van der Waals surface area contributed by atoms with E-state index >= 15 is 0 Å². The first-order valence-corrected chi connectivity index (χ1v) is 3.74. The highest BCUT2D eigenvalue weighted by Crippen LogP contribution is 1.97. The fourth-order valence-electron chi connectivity index (χ4n) is 0.873. The molecule has 0 atom stereocenters. The molecule has 0 aliphatic carbocycles. The van der Waals surface area contributed by atoms with E-state index in [0.29, 0.717) is 5.56 Å². The third-order valence-corrected chi connectivity index (χ3v) is 2.20. The molecule has 11 heavy (non-hydrogen) atoms. The van der Waals surface area contributed by atoms with Gasteiger partial charge in [0.2, 0.25) is 5.91 Å². The first-order valence-electron chi connectivity index (χ1n) is 3.24. The van der Waals surface area contributed by atoms with Crippen molar-refractivity contribution in [1.82, 2.24) is 0 Å². The first-order chi connectivity index (χ1) is 5.13. The quantitative estimate of drug-likeness (QED) is 0.575. The highest BCUT2D eigenvalue weighted by Gasteiger charge is 2.04. The maximum Gasteiger partial charge on any atom is 0.248 e. The van der Waals surface area contributed by atoms with E-state index in [9.17, 15) is 4.79 Å². The van der Waals surface area contributed by atoms with Crippen LogP contribution in [0.3, 0.4) is 0 Å². The van der Waals surface area contributed by atoms with Gasteiger partial charge in [-0.3, -0.25) is 4.79 Å². The van der Waals surface area contributed by atoms with Gasteiger partial charge in [0.25, 0.3) is 0 Å². The summed E-state index contributed by atoms with van der Waals surface area (Å²) in [5.74, 6) is -0.404. The number of carbonyl (C=O) groups is 1. The zero-order valence-electron chi connectivity index (χ0n) is 6.22. The van der Waals surface area contributed by atoms with Gasteiger partial charge in [0.15, 0.2) is 0 Å². The SMILES string of the molecule is Cc1cccc(C(N)=O)c1[Si]. The molecule has 2 nitrogen and oxygen atoms in total. The molecule has 0 aromatic heterocycles. The van der Waals surface area contributed by atoms with Gasteiger partial charge in [-0.25, -0.2) is 0 Å². The van der Waals surface area contributed by atoms with Crippen molar-refractivity contribution in [2.24, 2.45) is 5.73 Å². The van der Waals surface area contributed by atoms with E-state index in [-0.39, 0.29) is 0 Å². The lowest BCUT2D eigenvalue weighted by atomic mass is 10.1. The van der Waals surface area contributed by atoms with Gasteiger partial charge in [-0.2, -0.15) is 0 Å². The van der Waals surface area contributed by atoms with Crippen LogP contribution in [0.5, 0.6) is 0 Å². The van der Waals surface area contributed by atoms with Crippen molar-refractivity contribution < 1.29 is 4.79 Å². The highest BCUT2D eigenvalue weighted by molar-refractivity contribution is 6.37. The van der Waals surface area contributed by atoms with Crippen LogP contribution in [0.15, 0.2) is 18.2 Å². The molecule has 1 aromatic rings. The van der Waals surface area contributed by atoms with Crippen LogP contribution in [-0.4, -0.2) is 16.1 Å². The molecule has 0 spiro atoms. The Morgan fingerprint density at radius 3 is 2.64 bits per heavy atom. The summed E-state index contributed by atoms with van der Waals surface area (Å²) in [5, 5.41) is 0.778. The van der Waals surface area contributed by atoms with Gasteiger partial charge in [-0.1, -0.05) is 22.9 Å². The molecular formula is C8H8NOSi. The monoisotopic (exact) mass is 162 g/mol. The summed E-state index contributed by atoms with van der Waals surface area (Å²) in [7, 11) is 3.33. The summed E-state index contributed by atoms with van der Waals surface area (Å²) in [6.07, 6.45) is 0. The Bertz CT molecular complexity index is 296. The van der Waals surface area contributed by atoms with E-state index < -0.39 is 5.91 Å². The van der Waals surface area contributed by atoms with E-state index in [1.807, 2.05) is 13.0 Å². The number of hydrogen-bond acceptors (Lipinski definition) is 1. The van der Waals surface area contributed by atoms with Gasteiger partial charge in [0, 0.05) is 5.56 Å². The molecule has 3 radical (unpaired) electrons. The van der Waals surface area contributed by atoms with Gasteiger partial charge in [-0.05, 0) is 13.0 Å². The van der Waals surface area contributed by atoms with E-state index in [2.05, 4.69) is 10.2 Å². The fourth-order valence-corrected chi connectivity index (χ4v) is 1.16. The molecule has 0 saturated carbocycles. The van der Waals surface area contributed by atoms with Crippen LogP contribution >= 0.6 is 0 Å². The topological polar surface area (TPSA) is 43.1 Å². The molecule has 1 rings (SSSR count). The molecule has 0 heterocycles. The minimum atomic E-state index is -0.404. The highest BCUT2D eigenvalue weighted by atomic mass is 28.1.